The summed E-state index contributed by atoms with van der Waals surface area (Å²) in [7, 11) is 0. The number of amides is 1. The van der Waals surface area contributed by atoms with E-state index in [0.717, 1.165) is 65.5 Å². The summed E-state index contributed by atoms with van der Waals surface area (Å²) in [6.45, 7) is 1.61. The highest BCUT2D eigenvalue weighted by Crippen LogP contribution is 2.44. The highest BCUT2D eigenvalue weighted by Gasteiger charge is 2.42. The highest BCUT2D eigenvalue weighted by molar-refractivity contribution is 9.10. The number of aromatic nitrogens is 3. The predicted molar refractivity (Wildman–Crippen MR) is 345 cm³/mol. The number of halogens is 22. The summed E-state index contributed by atoms with van der Waals surface area (Å²) in [6, 6.07) is 29.0. The van der Waals surface area contributed by atoms with Crippen molar-refractivity contribution in [3.63, 3.8) is 0 Å². The Hall–Kier alpha value is -10.6. The molecule has 0 saturated heterocycles. The Morgan fingerprint density at radius 2 is 0.883 bits per heavy atom. The molecule has 0 radical (unpaired) electrons. The number of thiophene rings is 1. The first-order chi connectivity index (χ1) is 47.9. The summed E-state index contributed by atoms with van der Waals surface area (Å²) >= 11 is 6.68. The summed E-state index contributed by atoms with van der Waals surface area (Å²) in [5, 5.41) is 12.1. The fourth-order valence-electron chi connectivity index (χ4n) is 9.44. The van der Waals surface area contributed by atoms with Gasteiger partial charge in [0.1, 0.15) is 62.4 Å². The van der Waals surface area contributed by atoms with Crippen molar-refractivity contribution in [1.82, 2.24) is 20.3 Å². The van der Waals surface area contributed by atoms with Crippen LogP contribution in [0.4, 0.5) is 99.2 Å². The first-order valence-corrected chi connectivity index (χ1v) is 30.6. The fourth-order valence-corrected chi connectivity index (χ4v) is 10.8. The second kappa shape index (κ2) is 31.8. The number of benzene rings is 7. The summed E-state index contributed by atoms with van der Waals surface area (Å²) in [4.78, 5) is 78.9. The van der Waals surface area contributed by atoms with E-state index in [9.17, 15) is 112 Å². The van der Waals surface area contributed by atoms with E-state index in [1.807, 2.05) is 10.4 Å². The van der Waals surface area contributed by atoms with Crippen LogP contribution in [0.5, 0.6) is 0 Å². The number of hydrogen-bond donors (Lipinski definition) is 7. The zero-order valence-corrected chi connectivity index (χ0v) is 54.9. The third kappa shape index (κ3) is 18.8. The maximum Gasteiger partial charge on any atom is 0.421 e. The van der Waals surface area contributed by atoms with Crippen LogP contribution in [0.15, 0.2) is 168 Å². The lowest BCUT2D eigenvalue weighted by atomic mass is 9.97. The maximum absolute atomic E-state index is 15.0. The van der Waals surface area contributed by atoms with E-state index >= 15 is 4.39 Å². The summed E-state index contributed by atoms with van der Waals surface area (Å²) < 4.78 is 266. The van der Waals surface area contributed by atoms with Crippen LogP contribution >= 0.6 is 43.2 Å². The Bertz CT molecular complexity index is 5180. The molecule has 542 valence electrons. The number of pyridine rings is 3. The number of ether oxygens (including phenoxy) is 1. The predicted octanol–water partition coefficient (Wildman–Crippen LogP) is 18.6. The molecule has 0 bridgehead atoms. The first kappa shape index (κ1) is 79.8. The van der Waals surface area contributed by atoms with Gasteiger partial charge in [-0.3, -0.25) is 19.2 Å². The number of carbonyl (C=O) groups excluding carboxylic acids is 2. The van der Waals surface area contributed by atoms with Crippen molar-refractivity contribution in [3.8, 4) is 22.3 Å². The molecule has 0 unspecified atom stereocenters. The number of aromatic amines is 3. The van der Waals surface area contributed by atoms with Gasteiger partial charge < -0.3 is 41.6 Å². The van der Waals surface area contributed by atoms with Gasteiger partial charge in [-0.1, -0.05) is 72.8 Å². The van der Waals surface area contributed by atoms with E-state index in [1.165, 1.54) is 54.7 Å². The third-order valence-electron chi connectivity index (χ3n) is 13.9. The molecule has 11 aromatic rings. The van der Waals surface area contributed by atoms with Crippen LogP contribution in [0.3, 0.4) is 0 Å². The van der Waals surface area contributed by atoms with Crippen molar-refractivity contribution >= 4 is 105 Å². The minimum atomic E-state index is -5.13. The van der Waals surface area contributed by atoms with Gasteiger partial charge in [-0.05, 0) is 104 Å². The van der Waals surface area contributed by atoms with Gasteiger partial charge in [-0.2, -0.15) is 65.9 Å². The van der Waals surface area contributed by atoms with Crippen molar-refractivity contribution in [2.45, 2.75) is 44.3 Å². The molecule has 9 N–H and O–H groups in total. The minimum Gasteiger partial charge on any atom is -0.477 e. The quantitative estimate of drug-likeness (QED) is 0.0431. The third-order valence-corrected chi connectivity index (χ3v) is 15.9. The zero-order chi connectivity index (χ0) is 76.8. The second-order valence-electron chi connectivity index (χ2n) is 20.7. The number of rotatable bonds is 8. The number of nitrogen functional groups attached to an aromatic ring is 2. The van der Waals surface area contributed by atoms with E-state index in [1.54, 1.807) is 36.4 Å². The normalized spacial score (nSPS) is 11.7. The maximum atomic E-state index is 15.0. The lowest BCUT2D eigenvalue weighted by Crippen LogP contribution is -2.25. The molecule has 14 nitrogen and oxygen atoms in total. The molecule has 4 aromatic heterocycles. The highest BCUT2D eigenvalue weighted by atomic mass is 79.9. The topological polar surface area (TPSA) is 243 Å². The molecule has 7 aromatic carbocycles. The van der Waals surface area contributed by atoms with Gasteiger partial charge in [-0.15, -0.1) is 11.3 Å². The van der Waals surface area contributed by atoms with Crippen molar-refractivity contribution in [2.24, 2.45) is 0 Å². The molecule has 0 aliphatic heterocycles. The largest absolute Gasteiger partial charge is 0.477 e. The number of esters is 1. The Kier molecular flexibility index (Phi) is 24.6. The molecular formula is C66H40Br2F20N6O8S. The smallest absolute Gasteiger partial charge is 0.421 e. The number of fused-ring (bicyclic) bond motifs is 3. The van der Waals surface area contributed by atoms with Gasteiger partial charge >= 0.3 is 42.8 Å². The molecule has 0 spiro atoms. The summed E-state index contributed by atoms with van der Waals surface area (Å²) in [5.41, 5.74) is -6.16. The van der Waals surface area contributed by atoms with Crippen LogP contribution in [0, 0.1) is 29.1 Å². The van der Waals surface area contributed by atoms with Crippen molar-refractivity contribution in [2.75, 3.05) is 18.1 Å². The molecule has 0 saturated carbocycles. The Morgan fingerprint density at radius 1 is 0.476 bits per heavy atom. The van der Waals surface area contributed by atoms with Crippen LogP contribution < -0.4 is 33.1 Å². The second-order valence-corrected chi connectivity index (χ2v) is 23.5. The average molecular weight is 1620 g/mol. The standard InChI is InChI=1S/C22H14F4N2O2S.C17H9F4NO3.C13H8BrF4NO3.C7H4BrF4N.C7H5F4N/c23-19-14(12-5-2-1-3-6-12)9-15-17(29)10-16(28-20(15)18(19)22(24,25)26)21(30)27-11-13-7-4-8-31-13;18-14-9(8-4-2-1-3-5-8)6-10-12(23)7-11(16(24)25)22-15(10)13(14)17(19,20)21;1-2-22-12(21)7-4-8(20)5-3-6(14)10(15)9(11(5)19-7)13(16,17)18;8-3-1-2-4(13)5(6(3)9)7(10,11)12;8-4-2-1-3-5(12)6(4)7(9,10)11/h1-10H,11H2,(H,27,30)(H,28,29);1-7H,(H,22,23)(H,24,25);3-4H,2H2,1H3,(H,19,20);1-2H,13H2;1-3H,12H2. The molecule has 0 atom stereocenters. The van der Waals surface area contributed by atoms with E-state index in [-0.39, 0.29) is 45.4 Å². The number of hydrogen-bond acceptors (Lipinski definition) is 10. The molecule has 37 heteroatoms. The number of nitrogens with one attached hydrogen (secondary N) is 4. The van der Waals surface area contributed by atoms with Crippen molar-refractivity contribution in [3.05, 3.63) is 263 Å². The van der Waals surface area contributed by atoms with Crippen LogP contribution in [0.1, 0.15) is 71.1 Å². The SMILES string of the molecule is CCOC(=O)c1cc(=O)c2cc(Br)c(F)c(C(F)(F)F)c2[nH]1.Nc1ccc(Br)c(F)c1C(F)(F)F.Nc1cccc(F)c1C(F)(F)F.O=C(NCc1cccs1)c1cc(=O)c2cc(-c3ccccc3)c(F)c(C(F)(F)F)c2[nH]1.O=C(O)c1cc(=O)c2cc(-c3ccccc3)c(F)c(C(F)(F)F)c2[nH]1. The van der Waals surface area contributed by atoms with Crippen LogP contribution in [-0.2, 0) is 42.2 Å². The number of nitrogens with two attached hydrogens (primary N) is 2. The Labute approximate surface area is 582 Å². The van der Waals surface area contributed by atoms with Gasteiger partial charge in [-0.25, -0.2) is 31.5 Å². The number of aromatic carboxylic acids is 1. The van der Waals surface area contributed by atoms with Gasteiger partial charge in [0, 0.05) is 61.7 Å². The molecule has 4 heterocycles. The van der Waals surface area contributed by atoms with E-state index < -0.39 is 182 Å². The van der Waals surface area contributed by atoms with Gasteiger partial charge in [0.25, 0.3) is 5.91 Å². The number of H-pyrrole nitrogens is 3. The number of alkyl halides is 15. The molecule has 0 aliphatic rings. The van der Waals surface area contributed by atoms with Crippen LogP contribution in [0.25, 0.3) is 55.0 Å². The van der Waals surface area contributed by atoms with Gasteiger partial charge in [0.2, 0.25) is 0 Å². The number of carboxylic acids is 1. The van der Waals surface area contributed by atoms with E-state index in [0.29, 0.717) is 6.07 Å². The molecule has 103 heavy (non-hydrogen) atoms. The Balaban J connectivity index is 0.000000188. The van der Waals surface area contributed by atoms with Crippen LogP contribution in [0.2, 0.25) is 0 Å². The fraction of sp³-hybridized carbons (Fsp3) is 0.121. The number of anilines is 2. The molecule has 1 amide bonds. The first-order valence-electron chi connectivity index (χ1n) is 28.2. The molecule has 11 rings (SSSR count). The molecular weight excluding hydrogens is 1580 g/mol. The minimum absolute atomic E-state index is 0.0280. The van der Waals surface area contributed by atoms with Crippen molar-refractivity contribution in [1.29, 1.82) is 0 Å². The number of carboxylic acid groups (broad SMARTS) is 1. The van der Waals surface area contributed by atoms with Gasteiger partial charge in [0.05, 0.1) is 38.6 Å². The monoisotopic (exact) mass is 1610 g/mol. The van der Waals surface area contributed by atoms with Crippen molar-refractivity contribution < 1.29 is 112 Å². The van der Waals surface area contributed by atoms with Crippen LogP contribution in [-0.4, -0.2) is 44.5 Å². The Morgan fingerprint density at radius 3 is 1.29 bits per heavy atom. The number of carbonyl (C=O) groups is 3. The lowest BCUT2D eigenvalue weighted by Gasteiger charge is -2.16. The molecule has 0 fully saturated rings. The van der Waals surface area contributed by atoms with Gasteiger partial charge in [0.15, 0.2) is 27.9 Å². The summed E-state index contributed by atoms with van der Waals surface area (Å²) in [6.07, 6.45) is -24.8. The average Bonchev–Trinajstić information content (AvgIpc) is 0.773. The van der Waals surface area contributed by atoms with E-state index in [4.69, 9.17) is 16.6 Å². The van der Waals surface area contributed by atoms with E-state index in [2.05, 4.69) is 51.9 Å². The lowest BCUT2D eigenvalue weighted by molar-refractivity contribution is -0.140. The molecule has 0 aliphatic carbocycles. The summed E-state index contributed by atoms with van der Waals surface area (Å²) in [5.74, 6) is -10.8. The zero-order valence-electron chi connectivity index (χ0n) is 51.0.